The highest BCUT2D eigenvalue weighted by Gasteiger charge is 2.46. The molecule has 1 aromatic heterocycles. The first-order valence-electron chi connectivity index (χ1n) is 8.67. The van der Waals surface area contributed by atoms with Gasteiger partial charge in [0.05, 0.1) is 30.0 Å². The zero-order valence-electron chi connectivity index (χ0n) is 15.3. The largest absolute Gasteiger partial charge is 0.378 e. The summed E-state index contributed by atoms with van der Waals surface area (Å²) in [5, 5.41) is 2.80. The Balaban J connectivity index is 1.68. The number of H-pyrrole nitrogens is 1. The number of sulfone groups is 1. The van der Waals surface area contributed by atoms with Crippen molar-refractivity contribution in [1.29, 1.82) is 0 Å². The van der Waals surface area contributed by atoms with E-state index in [0.29, 0.717) is 31.7 Å². The monoisotopic (exact) mass is 400 g/mol. The summed E-state index contributed by atoms with van der Waals surface area (Å²) in [5.41, 5.74) is -1.29. The van der Waals surface area contributed by atoms with E-state index in [1.54, 1.807) is 0 Å². The predicted octanol–water partition coefficient (Wildman–Crippen LogP) is -1.32. The molecule has 27 heavy (non-hydrogen) atoms. The maximum absolute atomic E-state index is 12.9. The summed E-state index contributed by atoms with van der Waals surface area (Å²) in [6, 6.07) is 0.818. The van der Waals surface area contributed by atoms with Crippen LogP contribution in [0.1, 0.15) is 12.8 Å². The second-order valence-electron chi connectivity index (χ2n) is 6.89. The molecule has 11 heteroatoms. The molecular formula is C16H24N4O6S. The molecule has 150 valence electrons. The summed E-state index contributed by atoms with van der Waals surface area (Å²) in [6.07, 6.45) is 1.56. The Morgan fingerprint density at radius 1 is 1.33 bits per heavy atom. The molecule has 0 saturated carbocycles. The first kappa shape index (κ1) is 19.8. The number of nitrogens with zero attached hydrogens (tertiary/aromatic N) is 2. The zero-order valence-corrected chi connectivity index (χ0v) is 16.1. The lowest BCUT2D eigenvalue weighted by molar-refractivity contribution is -0.147. The number of anilines is 1. The minimum absolute atomic E-state index is 0.101. The molecule has 2 fully saturated rings. The highest BCUT2D eigenvalue weighted by Crippen LogP contribution is 2.29. The van der Waals surface area contributed by atoms with Crippen molar-refractivity contribution in [3.05, 3.63) is 22.7 Å². The van der Waals surface area contributed by atoms with E-state index in [0.717, 1.165) is 0 Å². The van der Waals surface area contributed by atoms with Gasteiger partial charge in [-0.3, -0.25) is 9.59 Å². The van der Waals surface area contributed by atoms with Crippen molar-refractivity contribution in [2.45, 2.75) is 30.6 Å². The molecule has 2 aliphatic rings. The molecule has 0 spiro atoms. The van der Waals surface area contributed by atoms with Crippen LogP contribution in [0.5, 0.6) is 0 Å². The molecule has 0 radical (unpaired) electrons. The fourth-order valence-electron chi connectivity index (χ4n) is 3.63. The summed E-state index contributed by atoms with van der Waals surface area (Å²) >= 11 is 0. The van der Waals surface area contributed by atoms with Crippen LogP contribution in [0.15, 0.2) is 17.2 Å². The van der Waals surface area contributed by atoms with E-state index in [9.17, 15) is 18.0 Å². The average Bonchev–Trinajstić information content (AvgIpc) is 2.95. The van der Waals surface area contributed by atoms with Gasteiger partial charge in [0.15, 0.2) is 9.84 Å². The predicted molar refractivity (Wildman–Crippen MR) is 97.4 cm³/mol. The van der Waals surface area contributed by atoms with E-state index in [1.807, 2.05) is 4.90 Å². The molecule has 0 bridgehead atoms. The molecule has 2 aliphatic heterocycles. The van der Waals surface area contributed by atoms with Crippen molar-refractivity contribution in [2.75, 3.05) is 43.7 Å². The highest BCUT2D eigenvalue weighted by atomic mass is 32.2. The Morgan fingerprint density at radius 3 is 2.63 bits per heavy atom. The molecular weight excluding hydrogens is 376 g/mol. The maximum Gasteiger partial charge on any atom is 0.252 e. The summed E-state index contributed by atoms with van der Waals surface area (Å²) in [6.45, 7) is 0.961. The number of piperidine rings is 1. The van der Waals surface area contributed by atoms with Gasteiger partial charge in [0.25, 0.3) is 11.5 Å². The van der Waals surface area contributed by atoms with E-state index in [4.69, 9.17) is 9.47 Å². The van der Waals surface area contributed by atoms with Crippen LogP contribution < -0.4 is 15.8 Å². The van der Waals surface area contributed by atoms with Gasteiger partial charge < -0.3 is 24.7 Å². The maximum atomic E-state index is 12.9. The summed E-state index contributed by atoms with van der Waals surface area (Å²) in [4.78, 5) is 32.9. The fraction of sp³-hybridized carbons (Fsp3) is 0.688. The number of rotatable bonds is 5. The number of methoxy groups -OCH3 is 2. The molecule has 0 unspecified atom stereocenters. The van der Waals surface area contributed by atoms with Crippen LogP contribution in [-0.2, 0) is 24.1 Å². The lowest BCUT2D eigenvalue weighted by Crippen LogP contribution is -2.58. The number of hydrogen-bond donors (Lipinski definition) is 2. The number of aromatic nitrogens is 2. The molecule has 3 heterocycles. The Hall–Kier alpha value is -1.98. The van der Waals surface area contributed by atoms with E-state index in [1.165, 1.54) is 26.6 Å². The number of nitrogens with one attached hydrogen (secondary N) is 2. The van der Waals surface area contributed by atoms with Crippen molar-refractivity contribution in [2.24, 2.45) is 0 Å². The van der Waals surface area contributed by atoms with Gasteiger partial charge in [-0.15, -0.1) is 0 Å². The molecule has 0 aromatic carbocycles. The van der Waals surface area contributed by atoms with Crippen LogP contribution in [0.25, 0.3) is 0 Å². The number of carbonyl (C=O) groups is 1. The van der Waals surface area contributed by atoms with Crippen LogP contribution in [0.2, 0.25) is 0 Å². The van der Waals surface area contributed by atoms with Gasteiger partial charge in [-0.25, -0.2) is 13.4 Å². The Bertz CT molecular complexity index is 846. The number of carbonyl (C=O) groups excluding carboxylic acids is 1. The minimum Gasteiger partial charge on any atom is -0.378 e. The lowest BCUT2D eigenvalue weighted by atomic mass is 9.89. The molecule has 2 atom stereocenters. The van der Waals surface area contributed by atoms with Crippen molar-refractivity contribution in [1.82, 2.24) is 15.3 Å². The van der Waals surface area contributed by atoms with E-state index in [-0.39, 0.29) is 23.0 Å². The second kappa shape index (κ2) is 7.56. The summed E-state index contributed by atoms with van der Waals surface area (Å²) < 4.78 is 34.5. The number of ether oxygens (including phenoxy) is 2. The molecule has 1 amide bonds. The van der Waals surface area contributed by atoms with Gasteiger partial charge >= 0.3 is 0 Å². The Labute approximate surface area is 157 Å². The van der Waals surface area contributed by atoms with Crippen LogP contribution in [0, 0.1) is 0 Å². The van der Waals surface area contributed by atoms with Gasteiger partial charge in [0, 0.05) is 46.2 Å². The number of aromatic amines is 1. The van der Waals surface area contributed by atoms with Crippen molar-refractivity contribution in [3.63, 3.8) is 0 Å². The summed E-state index contributed by atoms with van der Waals surface area (Å²) in [5.74, 6) is -0.0334. The lowest BCUT2D eigenvalue weighted by Gasteiger charge is -2.40. The zero-order chi connectivity index (χ0) is 19.7. The molecule has 10 nitrogen and oxygen atoms in total. The van der Waals surface area contributed by atoms with Crippen LogP contribution >= 0.6 is 0 Å². The third-order valence-corrected chi connectivity index (χ3v) is 6.99. The topological polar surface area (TPSA) is 131 Å². The molecule has 2 N–H and O–H groups in total. The van der Waals surface area contributed by atoms with Crippen molar-refractivity contribution in [3.8, 4) is 0 Å². The molecule has 2 saturated heterocycles. The van der Waals surface area contributed by atoms with Crippen LogP contribution in [-0.4, -0.2) is 80.9 Å². The molecule has 3 rings (SSSR count). The second-order valence-corrected chi connectivity index (χ2v) is 9.04. The Morgan fingerprint density at radius 2 is 2.04 bits per heavy atom. The van der Waals surface area contributed by atoms with Gasteiger partial charge in [-0.05, 0) is 0 Å². The number of hydrogen-bond acceptors (Lipinski definition) is 8. The Kier molecular flexibility index (Phi) is 5.54. The third-order valence-electron chi connectivity index (χ3n) is 5.28. The minimum atomic E-state index is -3.24. The standard InChI is InChI=1S/C16H24N4O6S/c1-25-12-9-27(23,24)8-11(12)19-15(22)16(26-2)3-5-20(6-4-16)13-7-14(21)18-10-17-13/h7,10-12H,3-6,8-9H2,1-2H3,(H,19,22)(H,17,18,21)/t11-,12-/m1/s1. The van der Waals surface area contributed by atoms with Gasteiger partial charge in [-0.2, -0.15) is 0 Å². The average molecular weight is 400 g/mol. The SMILES string of the molecule is CO[C@@H]1CS(=O)(=O)C[C@H]1NC(=O)C1(OC)CCN(c2cc(=O)[nH]cn2)CC1. The van der Waals surface area contributed by atoms with E-state index >= 15 is 0 Å². The first-order valence-corrected chi connectivity index (χ1v) is 10.5. The normalized spacial score (nSPS) is 26.7. The molecule has 0 aliphatic carbocycles. The molecule has 1 aromatic rings. The van der Waals surface area contributed by atoms with E-state index in [2.05, 4.69) is 15.3 Å². The fourth-order valence-corrected chi connectivity index (χ4v) is 5.48. The van der Waals surface area contributed by atoms with Crippen LogP contribution in [0.3, 0.4) is 0 Å². The summed E-state index contributed by atoms with van der Waals surface area (Å²) in [7, 11) is -0.332. The van der Waals surface area contributed by atoms with Crippen LogP contribution in [0.4, 0.5) is 5.82 Å². The van der Waals surface area contributed by atoms with E-state index < -0.39 is 27.6 Å². The van der Waals surface area contributed by atoms with Gasteiger partial charge in [0.1, 0.15) is 11.4 Å². The quantitative estimate of drug-likeness (QED) is 0.623. The van der Waals surface area contributed by atoms with Gasteiger partial charge in [0.2, 0.25) is 0 Å². The number of amides is 1. The smallest absolute Gasteiger partial charge is 0.252 e. The van der Waals surface area contributed by atoms with Crippen molar-refractivity contribution >= 4 is 21.6 Å². The third kappa shape index (κ3) is 4.14. The van der Waals surface area contributed by atoms with Gasteiger partial charge in [-0.1, -0.05) is 0 Å². The van der Waals surface area contributed by atoms with Crippen molar-refractivity contribution < 1.29 is 22.7 Å². The first-order chi connectivity index (χ1) is 12.8. The highest BCUT2D eigenvalue weighted by molar-refractivity contribution is 7.91.